The standard InChI is InChI=1S/C22H23F3N4O3S/c1-31-16-6-5-13(10-17(16)32-2)7-8-26-21(30)15-12-20-27-14(18-4-3-9-33-18)11-19(22(23,24)25)29(20)28-15/h3-6,9-10,12,14,19,27H,7-8,11H2,1-2H3,(H,26,30)/t14-,19+/m0/s1. The molecule has 1 aliphatic heterocycles. The van der Waals surface area contributed by atoms with Crippen molar-refractivity contribution >= 4 is 23.1 Å². The molecule has 0 aliphatic carbocycles. The number of rotatable bonds is 7. The van der Waals surface area contributed by atoms with E-state index in [4.69, 9.17) is 9.47 Å². The van der Waals surface area contributed by atoms with Crippen LogP contribution in [0, 0.1) is 0 Å². The smallest absolute Gasteiger partial charge is 0.410 e. The van der Waals surface area contributed by atoms with Gasteiger partial charge in [0.15, 0.2) is 23.2 Å². The van der Waals surface area contributed by atoms with Crippen molar-refractivity contribution in [1.29, 1.82) is 0 Å². The number of alkyl halides is 3. The minimum absolute atomic E-state index is 0.0640. The van der Waals surface area contributed by atoms with Crippen LogP contribution in [0.1, 0.15) is 39.4 Å². The van der Waals surface area contributed by atoms with Gasteiger partial charge in [-0.1, -0.05) is 12.1 Å². The Hall–Kier alpha value is -3.21. The van der Waals surface area contributed by atoms with Gasteiger partial charge in [-0.05, 0) is 35.6 Å². The second-order valence-electron chi connectivity index (χ2n) is 7.56. The van der Waals surface area contributed by atoms with Crippen molar-refractivity contribution in [3.63, 3.8) is 0 Å². The van der Waals surface area contributed by atoms with Gasteiger partial charge in [0.25, 0.3) is 5.91 Å². The van der Waals surface area contributed by atoms with Gasteiger partial charge in [-0.25, -0.2) is 4.68 Å². The van der Waals surface area contributed by atoms with E-state index in [9.17, 15) is 18.0 Å². The monoisotopic (exact) mass is 480 g/mol. The number of methoxy groups -OCH3 is 2. The molecule has 0 unspecified atom stereocenters. The number of fused-ring (bicyclic) bond motifs is 1. The molecule has 0 spiro atoms. The van der Waals surface area contributed by atoms with Gasteiger partial charge in [-0.3, -0.25) is 4.79 Å². The first kappa shape index (κ1) is 23.0. The van der Waals surface area contributed by atoms with E-state index in [1.807, 2.05) is 17.5 Å². The summed E-state index contributed by atoms with van der Waals surface area (Å²) in [6.45, 7) is 0.282. The van der Waals surface area contributed by atoms with Crippen LogP contribution in [0.15, 0.2) is 41.8 Å². The molecule has 0 radical (unpaired) electrons. The summed E-state index contributed by atoms with van der Waals surface area (Å²) in [5, 5.41) is 11.6. The minimum Gasteiger partial charge on any atom is -0.493 e. The topological polar surface area (TPSA) is 77.4 Å². The number of benzene rings is 1. The van der Waals surface area contributed by atoms with E-state index in [0.29, 0.717) is 17.9 Å². The summed E-state index contributed by atoms with van der Waals surface area (Å²) in [5.74, 6) is 0.814. The van der Waals surface area contributed by atoms with Crippen LogP contribution >= 0.6 is 11.3 Å². The third-order valence-electron chi connectivity index (χ3n) is 5.46. The highest BCUT2D eigenvalue weighted by atomic mass is 32.1. The lowest BCUT2D eigenvalue weighted by Crippen LogP contribution is -2.35. The van der Waals surface area contributed by atoms with Gasteiger partial charge in [0.1, 0.15) is 5.82 Å². The molecule has 1 aromatic carbocycles. The number of hydrogen-bond donors (Lipinski definition) is 2. The predicted molar refractivity (Wildman–Crippen MR) is 118 cm³/mol. The van der Waals surface area contributed by atoms with Gasteiger partial charge in [-0.2, -0.15) is 18.3 Å². The Bertz CT molecular complexity index is 1110. The fraction of sp³-hybridized carbons (Fsp3) is 0.364. The number of ether oxygens (including phenoxy) is 2. The summed E-state index contributed by atoms with van der Waals surface area (Å²) in [7, 11) is 3.08. The Morgan fingerprint density at radius 2 is 2.03 bits per heavy atom. The molecule has 3 heterocycles. The third-order valence-corrected chi connectivity index (χ3v) is 6.44. The predicted octanol–water partition coefficient (Wildman–Crippen LogP) is 4.59. The molecular weight excluding hydrogens is 457 g/mol. The van der Waals surface area contributed by atoms with Gasteiger partial charge in [-0.15, -0.1) is 11.3 Å². The normalized spacial score (nSPS) is 17.7. The van der Waals surface area contributed by atoms with Gasteiger partial charge >= 0.3 is 6.18 Å². The zero-order chi connectivity index (χ0) is 23.6. The zero-order valence-corrected chi connectivity index (χ0v) is 18.8. The molecule has 3 aromatic rings. The molecule has 7 nitrogen and oxygen atoms in total. The molecule has 11 heteroatoms. The van der Waals surface area contributed by atoms with Crippen LogP contribution in [0.4, 0.5) is 19.0 Å². The highest BCUT2D eigenvalue weighted by Gasteiger charge is 2.47. The van der Waals surface area contributed by atoms with Crippen molar-refractivity contribution < 1.29 is 27.4 Å². The maximum absolute atomic E-state index is 13.7. The molecule has 2 N–H and O–H groups in total. The number of amides is 1. The van der Waals surface area contributed by atoms with E-state index in [1.54, 1.807) is 25.3 Å². The lowest BCUT2D eigenvalue weighted by molar-refractivity contribution is -0.173. The van der Waals surface area contributed by atoms with Gasteiger partial charge in [0.2, 0.25) is 0 Å². The number of halogens is 3. The van der Waals surface area contributed by atoms with Crippen LogP contribution in [0.3, 0.4) is 0 Å². The average Bonchev–Trinajstić information content (AvgIpc) is 3.47. The Morgan fingerprint density at radius 1 is 1.24 bits per heavy atom. The molecule has 1 aliphatic rings. The molecule has 0 saturated heterocycles. The number of anilines is 1. The molecule has 1 amide bonds. The second-order valence-corrected chi connectivity index (χ2v) is 8.54. The van der Waals surface area contributed by atoms with Crippen molar-refractivity contribution in [2.75, 3.05) is 26.1 Å². The summed E-state index contributed by atoms with van der Waals surface area (Å²) >= 11 is 1.39. The molecule has 0 fully saturated rings. The van der Waals surface area contributed by atoms with Crippen LogP contribution < -0.4 is 20.1 Å². The van der Waals surface area contributed by atoms with Gasteiger partial charge < -0.3 is 20.1 Å². The highest BCUT2D eigenvalue weighted by molar-refractivity contribution is 7.10. The fourth-order valence-electron chi connectivity index (χ4n) is 3.81. The third kappa shape index (κ3) is 4.92. The van der Waals surface area contributed by atoms with E-state index in [-0.39, 0.29) is 24.5 Å². The first-order valence-corrected chi connectivity index (χ1v) is 11.1. The van der Waals surface area contributed by atoms with Crippen LogP contribution in [-0.4, -0.2) is 42.6 Å². The summed E-state index contributed by atoms with van der Waals surface area (Å²) < 4.78 is 52.6. The number of carbonyl (C=O) groups excluding carboxylic acids is 1. The number of nitrogens with one attached hydrogen (secondary N) is 2. The molecule has 2 atom stereocenters. The largest absolute Gasteiger partial charge is 0.493 e. The lowest BCUT2D eigenvalue weighted by atomic mass is 10.0. The summed E-state index contributed by atoms with van der Waals surface area (Å²) in [6.07, 6.45) is -4.18. The summed E-state index contributed by atoms with van der Waals surface area (Å²) in [4.78, 5) is 13.4. The molecule has 2 aromatic heterocycles. The average molecular weight is 481 g/mol. The van der Waals surface area contributed by atoms with E-state index in [0.717, 1.165) is 15.1 Å². The Morgan fingerprint density at radius 3 is 2.70 bits per heavy atom. The van der Waals surface area contributed by atoms with Crippen LogP contribution in [0.5, 0.6) is 11.5 Å². The summed E-state index contributed by atoms with van der Waals surface area (Å²) in [6, 6.07) is 8.08. The zero-order valence-electron chi connectivity index (χ0n) is 18.0. The van der Waals surface area contributed by atoms with E-state index in [1.165, 1.54) is 24.5 Å². The Kier molecular flexibility index (Phi) is 6.50. The molecule has 0 bridgehead atoms. The number of hydrogen-bond acceptors (Lipinski definition) is 6. The van der Waals surface area contributed by atoms with Crippen molar-refractivity contribution in [1.82, 2.24) is 15.1 Å². The maximum Gasteiger partial charge on any atom is 0.410 e. The number of thiophene rings is 1. The fourth-order valence-corrected chi connectivity index (χ4v) is 4.60. The first-order valence-electron chi connectivity index (χ1n) is 10.3. The molecule has 176 valence electrons. The van der Waals surface area contributed by atoms with Crippen molar-refractivity contribution in [2.45, 2.75) is 31.1 Å². The Balaban J connectivity index is 1.45. The van der Waals surface area contributed by atoms with Crippen molar-refractivity contribution in [2.24, 2.45) is 0 Å². The number of nitrogens with zero attached hydrogens (tertiary/aromatic N) is 2. The molecule has 0 saturated carbocycles. The number of carbonyl (C=O) groups is 1. The molecule has 33 heavy (non-hydrogen) atoms. The molecular formula is C22H23F3N4O3S. The maximum atomic E-state index is 13.7. The highest BCUT2D eigenvalue weighted by Crippen LogP contribution is 2.44. The number of aromatic nitrogens is 2. The van der Waals surface area contributed by atoms with Crippen molar-refractivity contribution in [3.8, 4) is 11.5 Å². The van der Waals surface area contributed by atoms with Crippen LogP contribution in [0.2, 0.25) is 0 Å². The minimum atomic E-state index is -4.49. The van der Waals surface area contributed by atoms with Gasteiger partial charge in [0, 0.05) is 23.9 Å². The van der Waals surface area contributed by atoms with E-state index >= 15 is 0 Å². The van der Waals surface area contributed by atoms with Gasteiger partial charge in [0.05, 0.1) is 20.3 Å². The van der Waals surface area contributed by atoms with Crippen LogP contribution in [0.25, 0.3) is 0 Å². The quantitative estimate of drug-likeness (QED) is 0.517. The lowest BCUT2D eigenvalue weighted by Gasteiger charge is -2.32. The van der Waals surface area contributed by atoms with E-state index in [2.05, 4.69) is 15.7 Å². The first-order chi connectivity index (χ1) is 15.8. The Labute approximate surface area is 192 Å². The summed E-state index contributed by atoms with van der Waals surface area (Å²) in [5.41, 5.74) is 0.848. The van der Waals surface area contributed by atoms with Crippen LogP contribution in [-0.2, 0) is 6.42 Å². The SMILES string of the molecule is COc1ccc(CCNC(=O)c2cc3n(n2)[C@@H](C(F)(F)F)C[C@@H](c2cccs2)N3)cc1OC. The molecule has 4 rings (SSSR count). The second kappa shape index (κ2) is 9.34. The van der Waals surface area contributed by atoms with E-state index < -0.39 is 24.2 Å². The van der Waals surface area contributed by atoms with Crippen molar-refractivity contribution in [3.05, 3.63) is 57.9 Å².